The van der Waals surface area contributed by atoms with Crippen LogP contribution >= 0.6 is 0 Å². The summed E-state index contributed by atoms with van der Waals surface area (Å²) in [4.78, 5) is 163. The Hall–Kier alpha value is -18.5. The van der Waals surface area contributed by atoms with Gasteiger partial charge in [-0.25, -0.2) is 47.9 Å². The first-order chi connectivity index (χ1) is 63.4. The van der Waals surface area contributed by atoms with Crippen LogP contribution in [0.3, 0.4) is 0 Å². The molecule has 9 aromatic carbocycles. The fourth-order valence-electron chi connectivity index (χ4n) is 14.7. The van der Waals surface area contributed by atoms with E-state index in [-0.39, 0.29) is 30.3 Å². The van der Waals surface area contributed by atoms with Crippen molar-refractivity contribution in [3.05, 3.63) is 152 Å². The third-order valence-corrected chi connectivity index (χ3v) is 21.3. The highest BCUT2D eigenvalue weighted by Gasteiger charge is 2.71. The largest absolute Gasteiger partial charge is 0.504 e. The summed E-state index contributed by atoms with van der Waals surface area (Å²) in [6.07, 6.45) is -29.1. The van der Waals surface area contributed by atoms with Crippen molar-refractivity contribution in [2.24, 2.45) is 0 Å². The van der Waals surface area contributed by atoms with Gasteiger partial charge in [-0.1, -0.05) is 0 Å². The standard InChI is InChI=1S/C82H58O53/c83-28-1-18(2-29(84)49(28)97)69(109)122-16-42-62(127-70(110)19-3-30(85)50(98)31(86)4-19)65(129-71(111)20-5-32(87)51(99)33(88)6-20)67(79(125-42)133-72(112)21-7-34(89)52(100)35(90)8-21)132-78(118)27-13-39(94)55(103)60(108)61(27)124-41-14-25-46(59(107)57(41)105)45-23(11-38(93)54(102)58(45)106)74(114)123-17-43-63-66(130-76(25)116)68(80(126-43)134-73(113)22-9-36(91)53(101)37(92)10-22)131-75(115)24-12-40(95)56(104)64-47(24)48-26(77(117)128-63)15-44(96)81(119,120)82(48,121)135-64/h1-15,42-43,48,62-63,65-68,79-80,83-95,97-108,119-121H,16-17H2. The smallest absolute Gasteiger partial charge is 0.342 e. The number of aromatic hydroxyl groups is 25. The van der Waals surface area contributed by atoms with Crippen molar-refractivity contribution in [2.75, 3.05) is 13.2 Å². The van der Waals surface area contributed by atoms with Crippen LogP contribution in [-0.4, -0.2) is 295 Å². The number of phenols is 25. The molecular weight excluding hydrogens is 1830 g/mol. The molecule has 5 heterocycles. The molecule has 2 saturated heterocycles. The van der Waals surface area contributed by atoms with Crippen molar-refractivity contribution in [1.82, 2.24) is 0 Å². The molecule has 135 heavy (non-hydrogen) atoms. The summed E-state index contributed by atoms with van der Waals surface area (Å²) in [5, 5.41) is 307. The number of hydrogen-bond acceptors (Lipinski definition) is 53. The molecule has 0 aromatic heterocycles. The van der Waals surface area contributed by atoms with Crippen LogP contribution in [0.2, 0.25) is 0 Å². The van der Waals surface area contributed by atoms with E-state index in [1.165, 1.54) is 0 Å². The zero-order chi connectivity index (χ0) is 98.3. The number of carbonyl (C=O) groups excluding carboxylic acids is 11. The highest BCUT2D eigenvalue weighted by Crippen LogP contribution is 2.62. The first-order valence-corrected chi connectivity index (χ1v) is 37.5. The lowest BCUT2D eigenvalue weighted by Gasteiger charge is -2.44. The zero-order valence-electron chi connectivity index (χ0n) is 66.2. The number of rotatable bonds is 15. The quantitative estimate of drug-likeness (QED) is 0.0294. The number of hydrogen-bond donors (Lipinski definition) is 28. The number of phenolic OH excluding ortho intramolecular Hbond substituents is 25. The number of aliphatic hydroxyl groups is 3. The number of benzene rings is 9. The molecular formula is C82H58O53. The number of ketones is 1. The molecule has 0 radical (unpaired) electrons. The van der Waals surface area contributed by atoms with Crippen molar-refractivity contribution in [3.8, 4) is 172 Å². The van der Waals surface area contributed by atoms with E-state index in [9.17, 15) is 177 Å². The van der Waals surface area contributed by atoms with Gasteiger partial charge in [0.25, 0.3) is 11.6 Å². The SMILES string of the molecule is O=C1OC2C3COC(=O)c4cc(O)c(O)c(O)c4-c4c(cc(Oc5c(C(=O)OC6C(OC(=O)c7cc(O)c(O)c(O)c7)OC(COC(=O)c7cc(O)c(O)c(O)c7)C(OC(=O)c7cc(O)c(O)c(O)c7)C6OC(=O)c6cc(O)c(O)c(O)c6)cc(O)c(O)c5O)c(O)c4O)C(=O)OC2C(OC(=O)c2cc(O)c(O)c4c2C2C1=CC(=O)C(O)(O)C2(O)O4)C(OC(=O)c1cc(O)c(O)c(O)c1)O3. The van der Waals surface area contributed by atoms with E-state index in [0.29, 0.717) is 60.7 Å². The average molecular weight is 1890 g/mol. The van der Waals surface area contributed by atoms with Crippen LogP contribution in [0.4, 0.5) is 0 Å². The van der Waals surface area contributed by atoms with Crippen molar-refractivity contribution in [3.63, 3.8) is 0 Å². The number of ether oxygens (including phenoxy) is 14. The summed E-state index contributed by atoms with van der Waals surface area (Å²) in [6.45, 7) is -3.18. The van der Waals surface area contributed by atoms with Crippen LogP contribution in [0.1, 0.15) is 105 Å². The van der Waals surface area contributed by atoms with Gasteiger partial charge < -0.3 is 209 Å². The van der Waals surface area contributed by atoms with Crippen molar-refractivity contribution >= 4 is 65.5 Å². The molecule has 12 atom stereocenters. The molecule has 15 rings (SSSR count). The number of carbonyl (C=O) groups is 11. The van der Waals surface area contributed by atoms with Crippen LogP contribution < -0.4 is 9.47 Å². The summed E-state index contributed by atoms with van der Waals surface area (Å²) in [5.74, 6) is -75.2. The summed E-state index contributed by atoms with van der Waals surface area (Å²) in [7, 11) is 0. The Morgan fingerprint density at radius 1 is 0.356 bits per heavy atom. The summed E-state index contributed by atoms with van der Waals surface area (Å²) in [5.41, 5.74) is -16.7. The monoisotopic (exact) mass is 1890 g/mol. The molecule has 4 bridgehead atoms. The van der Waals surface area contributed by atoms with Gasteiger partial charge in [0, 0.05) is 28.8 Å². The molecule has 28 N–H and O–H groups in total. The lowest BCUT2D eigenvalue weighted by Crippen LogP contribution is -2.66. The number of cyclic esters (lactones) is 1. The summed E-state index contributed by atoms with van der Waals surface area (Å²) in [6, 6.07) is 4.47. The van der Waals surface area contributed by atoms with Gasteiger partial charge in [0.1, 0.15) is 31.0 Å². The van der Waals surface area contributed by atoms with Gasteiger partial charge in [-0.15, -0.1) is 0 Å². The summed E-state index contributed by atoms with van der Waals surface area (Å²) < 4.78 is 80.0. The Balaban J connectivity index is 0.903. The fraction of sp³-hybridized carbons (Fsp3) is 0.183. The van der Waals surface area contributed by atoms with E-state index >= 15 is 19.2 Å². The predicted octanol–water partition coefficient (Wildman–Crippen LogP) is 0.985. The Morgan fingerprint density at radius 2 is 0.748 bits per heavy atom. The minimum atomic E-state index is -4.25. The molecule has 12 unspecified atom stereocenters. The molecule has 0 amide bonds. The van der Waals surface area contributed by atoms with Gasteiger partial charge in [-0.05, 0) is 78.9 Å². The maximum Gasteiger partial charge on any atom is 0.342 e. The molecule has 0 saturated carbocycles. The van der Waals surface area contributed by atoms with E-state index in [1.54, 1.807) is 0 Å². The average Bonchev–Trinajstić information content (AvgIpc) is 1.53. The van der Waals surface area contributed by atoms with Gasteiger partial charge in [0.05, 0.1) is 56.0 Å². The van der Waals surface area contributed by atoms with Gasteiger partial charge >= 0.3 is 59.7 Å². The second-order valence-electron chi connectivity index (χ2n) is 29.6. The molecule has 704 valence electrons. The second kappa shape index (κ2) is 33.2. The second-order valence-corrected chi connectivity index (χ2v) is 29.6. The molecule has 53 nitrogen and oxygen atoms in total. The lowest BCUT2D eigenvalue weighted by molar-refractivity contribution is -0.323. The third-order valence-electron chi connectivity index (χ3n) is 21.3. The normalized spacial score (nSPS) is 21.8. The molecule has 2 fully saturated rings. The van der Waals surface area contributed by atoms with E-state index in [1.807, 2.05) is 0 Å². The van der Waals surface area contributed by atoms with Crippen LogP contribution in [-0.2, 0) is 66.4 Å². The number of fused-ring (bicyclic) bond motifs is 3. The Morgan fingerprint density at radius 3 is 1.25 bits per heavy atom. The van der Waals surface area contributed by atoms with Crippen molar-refractivity contribution in [2.45, 2.75) is 78.9 Å². The molecule has 53 heteroatoms. The highest BCUT2D eigenvalue weighted by molar-refractivity contribution is 6.10. The maximum atomic E-state index is 16.1. The summed E-state index contributed by atoms with van der Waals surface area (Å²) >= 11 is 0. The first kappa shape index (κ1) is 91.2. The minimum Gasteiger partial charge on any atom is -0.504 e. The van der Waals surface area contributed by atoms with Crippen LogP contribution in [0.15, 0.2) is 96.6 Å². The molecule has 0 spiro atoms. The molecule has 5 aliphatic heterocycles. The fourth-order valence-corrected chi connectivity index (χ4v) is 14.7. The van der Waals surface area contributed by atoms with E-state index in [0.717, 1.165) is 0 Å². The Bertz CT molecular complexity index is 6630. The van der Waals surface area contributed by atoms with E-state index in [4.69, 9.17) is 66.3 Å². The molecule has 1 aliphatic carbocycles. The van der Waals surface area contributed by atoms with Crippen molar-refractivity contribution < 1.29 is 262 Å². The van der Waals surface area contributed by atoms with Gasteiger partial charge in [-0.2, -0.15) is 0 Å². The first-order valence-electron chi connectivity index (χ1n) is 37.5. The predicted molar refractivity (Wildman–Crippen MR) is 412 cm³/mol. The van der Waals surface area contributed by atoms with Gasteiger partial charge in [-0.3, -0.25) is 4.79 Å². The number of esters is 10. The maximum absolute atomic E-state index is 16.1. The highest BCUT2D eigenvalue weighted by atomic mass is 16.8. The van der Waals surface area contributed by atoms with Crippen LogP contribution in [0, 0.1) is 0 Å². The van der Waals surface area contributed by atoms with E-state index in [2.05, 4.69) is 0 Å². The third kappa shape index (κ3) is 15.5. The van der Waals surface area contributed by atoms with Crippen molar-refractivity contribution in [1.29, 1.82) is 0 Å². The van der Waals surface area contributed by atoms with Gasteiger partial charge in [0.15, 0.2) is 157 Å². The lowest BCUT2D eigenvalue weighted by atomic mass is 9.74. The Labute approximate surface area is 741 Å². The zero-order valence-corrected chi connectivity index (χ0v) is 66.2. The minimum absolute atomic E-state index is 0.0157. The van der Waals surface area contributed by atoms with Crippen LogP contribution in [0.25, 0.3) is 11.1 Å². The molecule has 6 aliphatic rings. The van der Waals surface area contributed by atoms with Gasteiger partial charge in [0.2, 0.25) is 59.3 Å². The van der Waals surface area contributed by atoms with Crippen LogP contribution in [0.5, 0.6) is 161 Å². The Kier molecular flexibility index (Phi) is 22.4. The molecule has 9 aromatic rings. The topological polar surface area (TPSA) is 883 Å². The van der Waals surface area contributed by atoms with E-state index < -0.39 is 391 Å².